The van der Waals surface area contributed by atoms with E-state index in [2.05, 4.69) is 71.2 Å². The number of aromatic nitrogens is 1. The van der Waals surface area contributed by atoms with Crippen molar-refractivity contribution >= 4 is 17.4 Å². The number of pyridine rings is 1. The molecule has 3 aromatic rings. The van der Waals surface area contributed by atoms with Crippen molar-refractivity contribution in [2.45, 2.75) is 39.2 Å². The van der Waals surface area contributed by atoms with Crippen LogP contribution in [0.4, 0.5) is 11.5 Å². The van der Waals surface area contributed by atoms with Crippen molar-refractivity contribution in [2.24, 2.45) is 0 Å². The van der Waals surface area contributed by atoms with E-state index in [-0.39, 0.29) is 11.3 Å². The van der Waals surface area contributed by atoms with Gasteiger partial charge < -0.3 is 10.2 Å². The van der Waals surface area contributed by atoms with E-state index in [4.69, 9.17) is 0 Å². The SMILES string of the molecule is CC(C)(C)c1ccc(C(=O)Nc2ccc(N3CCCN(Cc4ccccc4)CC3)nc2)cc1. The van der Waals surface area contributed by atoms with E-state index in [1.165, 1.54) is 11.1 Å². The third kappa shape index (κ3) is 6.20. The fourth-order valence-corrected chi connectivity index (χ4v) is 4.17. The number of carbonyl (C=O) groups is 1. The van der Waals surface area contributed by atoms with Crippen molar-refractivity contribution in [1.29, 1.82) is 0 Å². The molecule has 2 aromatic carbocycles. The van der Waals surface area contributed by atoms with Crippen LogP contribution >= 0.6 is 0 Å². The maximum absolute atomic E-state index is 12.6. The lowest BCUT2D eigenvalue weighted by molar-refractivity contribution is 0.102. The second-order valence-corrected chi connectivity index (χ2v) is 9.79. The maximum Gasteiger partial charge on any atom is 0.255 e. The van der Waals surface area contributed by atoms with Gasteiger partial charge in [-0.3, -0.25) is 9.69 Å². The summed E-state index contributed by atoms with van der Waals surface area (Å²) in [6, 6.07) is 22.4. The highest BCUT2D eigenvalue weighted by Crippen LogP contribution is 2.23. The van der Waals surface area contributed by atoms with Gasteiger partial charge in [-0.15, -0.1) is 0 Å². The molecule has 0 aliphatic carbocycles. The van der Waals surface area contributed by atoms with Crippen molar-refractivity contribution in [3.05, 3.63) is 89.6 Å². The lowest BCUT2D eigenvalue weighted by atomic mass is 9.87. The Bertz CT molecular complexity index is 1040. The highest BCUT2D eigenvalue weighted by molar-refractivity contribution is 6.04. The third-order valence-corrected chi connectivity index (χ3v) is 6.18. The predicted octanol–water partition coefficient (Wildman–Crippen LogP) is 5.34. The monoisotopic (exact) mass is 442 g/mol. The summed E-state index contributed by atoms with van der Waals surface area (Å²) in [6.07, 6.45) is 2.86. The highest BCUT2D eigenvalue weighted by Gasteiger charge is 2.17. The first-order chi connectivity index (χ1) is 15.9. The molecule has 5 nitrogen and oxygen atoms in total. The molecule has 1 fully saturated rings. The number of benzene rings is 2. The Morgan fingerprint density at radius 2 is 1.67 bits per heavy atom. The molecule has 33 heavy (non-hydrogen) atoms. The van der Waals surface area contributed by atoms with Crippen LogP contribution in [0.3, 0.4) is 0 Å². The molecule has 0 saturated carbocycles. The molecule has 0 spiro atoms. The number of nitrogens with one attached hydrogen (secondary N) is 1. The second-order valence-electron chi connectivity index (χ2n) is 9.79. The summed E-state index contributed by atoms with van der Waals surface area (Å²) in [4.78, 5) is 22.1. The quantitative estimate of drug-likeness (QED) is 0.579. The number of anilines is 2. The van der Waals surface area contributed by atoms with E-state index in [9.17, 15) is 4.79 Å². The third-order valence-electron chi connectivity index (χ3n) is 6.18. The molecule has 172 valence electrons. The van der Waals surface area contributed by atoms with Crippen LogP contribution in [0.1, 0.15) is 48.7 Å². The van der Waals surface area contributed by atoms with Crippen molar-refractivity contribution in [2.75, 3.05) is 36.4 Å². The van der Waals surface area contributed by atoms with Crippen LogP contribution in [-0.4, -0.2) is 42.0 Å². The van der Waals surface area contributed by atoms with Crippen LogP contribution in [0, 0.1) is 0 Å². The summed E-state index contributed by atoms with van der Waals surface area (Å²) in [5.74, 6) is 0.848. The fourth-order valence-electron chi connectivity index (χ4n) is 4.17. The number of hydrogen-bond acceptors (Lipinski definition) is 4. The van der Waals surface area contributed by atoms with Gasteiger partial charge in [-0.05, 0) is 47.2 Å². The number of rotatable bonds is 5. The average Bonchev–Trinajstić information content (AvgIpc) is 3.05. The van der Waals surface area contributed by atoms with Crippen LogP contribution < -0.4 is 10.2 Å². The Labute approximate surface area is 197 Å². The van der Waals surface area contributed by atoms with Crippen LogP contribution in [-0.2, 0) is 12.0 Å². The molecule has 4 rings (SSSR count). The summed E-state index contributed by atoms with van der Waals surface area (Å²) < 4.78 is 0. The number of amides is 1. The van der Waals surface area contributed by atoms with Crippen LogP contribution in [0.15, 0.2) is 72.9 Å². The van der Waals surface area contributed by atoms with Gasteiger partial charge in [0.05, 0.1) is 11.9 Å². The zero-order valence-electron chi connectivity index (χ0n) is 19.9. The molecule has 1 saturated heterocycles. The van der Waals surface area contributed by atoms with E-state index in [0.29, 0.717) is 11.3 Å². The van der Waals surface area contributed by atoms with Gasteiger partial charge in [0.1, 0.15) is 5.82 Å². The van der Waals surface area contributed by atoms with Gasteiger partial charge in [-0.1, -0.05) is 63.2 Å². The largest absolute Gasteiger partial charge is 0.355 e. The lowest BCUT2D eigenvalue weighted by Crippen LogP contribution is -2.30. The number of carbonyl (C=O) groups excluding carboxylic acids is 1. The number of hydrogen-bond donors (Lipinski definition) is 1. The van der Waals surface area contributed by atoms with E-state index in [0.717, 1.165) is 45.0 Å². The maximum atomic E-state index is 12.6. The summed E-state index contributed by atoms with van der Waals surface area (Å²) in [5, 5.41) is 2.97. The fraction of sp³-hybridized carbons (Fsp3) is 0.357. The van der Waals surface area contributed by atoms with Crippen LogP contribution in [0.5, 0.6) is 0 Å². The van der Waals surface area contributed by atoms with Gasteiger partial charge in [-0.2, -0.15) is 0 Å². The van der Waals surface area contributed by atoms with Gasteiger partial charge in [0.25, 0.3) is 5.91 Å². The van der Waals surface area contributed by atoms with Gasteiger partial charge in [0.15, 0.2) is 0 Å². The Balaban J connectivity index is 1.33. The van der Waals surface area contributed by atoms with Crippen molar-refractivity contribution in [1.82, 2.24) is 9.88 Å². The predicted molar refractivity (Wildman–Crippen MR) is 136 cm³/mol. The van der Waals surface area contributed by atoms with E-state index in [1.54, 1.807) is 6.20 Å². The molecule has 2 heterocycles. The molecule has 0 atom stereocenters. The van der Waals surface area contributed by atoms with E-state index in [1.807, 2.05) is 36.4 Å². The van der Waals surface area contributed by atoms with Gasteiger partial charge >= 0.3 is 0 Å². The molecule has 1 amide bonds. The van der Waals surface area contributed by atoms with E-state index >= 15 is 0 Å². The normalized spacial score (nSPS) is 15.2. The highest BCUT2D eigenvalue weighted by atomic mass is 16.1. The molecule has 1 aliphatic rings. The van der Waals surface area contributed by atoms with Crippen LogP contribution in [0.2, 0.25) is 0 Å². The Morgan fingerprint density at radius 1 is 0.909 bits per heavy atom. The zero-order valence-corrected chi connectivity index (χ0v) is 19.9. The summed E-state index contributed by atoms with van der Waals surface area (Å²) >= 11 is 0. The second kappa shape index (κ2) is 10.2. The van der Waals surface area contributed by atoms with Crippen LogP contribution in [0.25, 0.3) is 0 Å². The zero-order chi connectivity index (χ0) is 23.3. The Morgan fingerprint density at radius 3 is 2.33 bits per heavy atom. The first kappa shape index (κ1) is 23.0. The summed E-state index contributed by atoms with van der Waals surface area (Å²) in [5.41, 5.74) is 4.00. The first-order valence-electron chi connectivity index (χ1n) is 11.8. The molecule has 0 bridgehead atoms. The van der Waals surface area contributed by atoms with Crippen molar-refractivity contribution in [3.63, 3.8) is 0 Å². The first-order valence-corrected chi connectivity index (χ1v) is 11.8. The smallest absolute Gasteiger partial charge is 0.255 e. The van der Waals surface area contributed by atoms with Gasteiger partial charge in [0, 0.05) is 38.3 Å². The molecule has 5 heteroatoms. The Kier molecular flexibility index (Phi) is 7.09. The molecule has 1 N–H and O–H groups in total. The molecule has 1 aromatic heterocycles. The standard InChI is InChI=1S/C28H34N4O/c1-28(2,3)24-12-10-23(11-13-24)27(33)30-25-14-15-26(29-20-25)32-17-7-16-31(18-19-32)21-22-8-5-4-6-9-22/h4-6,8-15,20H,7,16-19,21H2,1-3H3,(H,30,33). The average molecular weight is 443 g/mol. The van der Waals surface area contributed by atoms with Gasteiger partial charge in [0.2, 0.25) is 0 Å². The summed E-state index contributed by atoms with van der Waals surface area (Å²) in [6.45, 7) is 11.5. The number of nitrogens with zero attached hydrogens (tertiary/aromatic N) is 3. The van der Waals surface area contributed by atoms with E-state index < -0.39 is 0 Å². The molecular weight excluding hydrogens is 408 g/mol. The summed E-state index contributed by atoms with van der Waals surface area (Å²) in [7, 11) is 0. The minimum Gasteiger partial charge on any atom is -0.355 e. The van der Waals surface area contributed by atoms with Gasteiger partial charge in [-0.25, -0.2) is 4.98 Å². The minimum atomic E-state index is -0.115. The molecular formula is C28H34N4O. The van der Waals surface area contributed by atoms with Crippen molar-refractivity contribution in [3.8, 4) is 0 Å². The minimum absolute atomic E-state index is 0.0701. The molecule has 0 radical (unpaired) electrons. The Hall–Kier alpha value is -3.18. The lowest BCUT2D eigenvalue weighted by Gasteiger charge is -2.23. The van der Waals surface area contributed by atoms with Crippen molar-refractivity contribution < 1.29 is 4.79 Å². The molecule has 1 aliphatic heterocycles. The topological polar surface area (TPSA) is 48.5 Å². The molecule has 0 unspecified atom stereocenters.